The lowest BCUT2D eigenvalue weighted by atomic mass is 9.91. The van der Waals surface area contributed by atoms with Gasteiger partial charge in [0.15, 0.2) is 0 Å². The summed E-state index contributed by atoms with van der Waals surface area (Å²) in [6.45, 7) is 2.76. The molecule has 1 fully saturated rings. The molecule has 1 aliphatic rings. The molecule has 2 heterocycles. The summed E-state index contributed by atoms with van der Waals surface area (Å²) in [6.07, 6.45) is 4.38. The van der Waals surface area contributed by atoms with Crippen LogP contribution >= 0.6 is 0 Å². The van der Waals surface area contributed by atoms with Crippen molar-refractivity contribution in [3.8, 4) is 11.3 Å². The number of hydrogen-bond donors (Lipinski definition) is 2. The minimum atomic E-state index is 0.381. The summed E-state index contributed by atoms with van der Waals surface area (Å²) < 4.78 is 5.51. The first-order valence-electron chi connectivity index (χ1n) is 12.0. The van der Waals surface area contributed by atoms with Gasteiger partial charge in [-0.25, -0.2) is 4.98 Å². The van der Waals surface area contributed by atoms with Gasteiger partial charge < -0.3 is 20.1 Å². The Kier molecular flexibility index (Phi) is 6.45. The van der Waals surface area contributed by atoms with E-state index in [-0.39, 0.29) is 0 Å². The van der Waals surface area contributed by atoms with E-state index in [1.165, 1.54) is 0 Å². The highest BCUT2D eigenvalue weighted by Gasteiger charge is 2.23. The zero-order chi connectivity index (χ0) is 23.5. The van der Waals surface area contributed by atoms with Crippen LogP contribution < -0.4 is 15.5 Å². The molecule has 1 aliphatic carbocycles. The van der Waals surface area contributed by atoms with Gasteiger partial charge in [-0.15, -0.1) is 0 Å². The Labute approximate surface area is 200 Å². The fraction of sp³-hybridized carbons (Fsp3) is 0.370. The molecule has 2 aromatic heterocycles. The monoisotopic (exact) mass is 456 g/mol. The maximum atomic E-state index is 5.51. The zero-order valence-corrected chi connectivity index (χ0v) is 20.1. The first-order valence-corrected chi connectivity index (χ1v) is 12.0. The largest absolute Gasteiger partial charge is 0.362 e. The second-order valence-corrected chi connectivity index (χ2v) is 9.29. The molecular weight excluding hydrogens is 424 g/mol. The smallest absolute Gasteiger partial charge is 0.225 e. The molecular formula is C27H32N6O. The maximum absolute atomic E-state index is 5.51. The fourth-order valence-electron chi connectivity index (χ4n) is 4.76. The third kappa shape index (κ3) is 4.75. The molecule has 0 bridgehead atoms. The van der Waals surface area contributed by atoms with E-state index >= 15 is 0 Å². The summed E-state index contributed by atoms with van der Waals surface area (Å²) in [5.74, 6) is 2.54. The molecule has 0 aliphatic heterocycles. The van der Waals surface area contributed by atoms with Crippen LogP contribution in [0.15, 0.2) is 59.1 Å². The third-order valence-corrected chi connectivity index (χ3v) is 6.67. The molecule has 7 heteroatoms. The molecule has 176 valence electrons. The van der Waals surface area contributed by atoms with Crippen LogP contribution in [0, 0.1) is 6.92 Å². The molecule has 0 spiro atoms. The van der Waals surface area contributed by atoms with E-state index in [0.717, 1.165) is 71.5 Å². The van der Waals surface area contributed by atoms with Gasteiger partial charge in [0, 0.05) is 49.2 Å². The van der Waals surface area contributed by atoms with Crippen LogP contribution in [0.2, 0.25) is 0 Å². The number of benzene rings is 2. The standard InChI is InChI=1S/C27H32N6O/c1-18-23(25(32-34-18)19-9-5-4-6-10-19)17-28-20-13-15-21(16-14-20)29-27-30-24-12-8-7-11-22(24)26(31-27)33(2)3/h4-12,20-21,28H,13-17H2,1-3H3,(H,29,30,31)/t20-,21+. The predicted octanol–water partition coefficient (Wildman–Crippen LogP) is 5.17. The van der Waals surface area contributed by atoms with E-state index < -0.39 is 0 Å². The van der Waals surface area contributed by atoms with Crippen molar-refractivity contribution in [1.82, 2.24) is 20.4 Å². The Balaban J connectivity index is 1.19. The Morgan fingerprint density at radius 2 is 1.62 bits per heavy atom. The first kappa shape index (κ1) is 22.3. The van der Waals surface area contributed by atoms with Gasteiger partial charge in [-0.1, -0.05) is 47.6 Å². The molecule has 0 amide bonds. The summed E-state index contributed by atoms with van der Waals surface area (Å²) in [5, 5.41) is 12.7. The summed E-state index contributed by atoms with van der Waals surface area (Å²) in [6, 6.07) is 19.3. The van der Waals surface area contributed by atoms with E-state index in [0.29, 0.717) is 18.0 Å². The van der Waals surface area contributed by atoms with E-state index in [2.05, 4.69) is 34.0 Å². The van der Waals surface area contributed by atoms with Gasteiger partial charge in [0.1, 0.15) is 17.3 Å². The van der Waals surface area contributed by atoms with Crippen LogP contribution in [0.4, 0.5) is 11.8 Å². The van der Waals surface area contributed by atoms with E-state index in [1.807, 2.05) is 62.3 Å². The number of aromatic nitrogens is 3. The topological polar surface area (TPSA) is 79.1 Å². The van der Waals surface area contributed by atoms with Crippen molar-refractivity contribution in [3.05, 3.63) is 65.9 Å². The molecule has 0 atom stereocenters. The number of nitrogens with zero attached hydrogens (tertiary/aromatic N) is 4. The second-order valence-electron chi connectivity index (χ2n) is 9.29. The first-order chi connectivity index (χ1) is 16.6. The van der Waals surface area contributed by atoms with Gasteiger partial charge >= 0.3 is 0 Å². The van der Waals surface area contributed by atoms with Gasteiger partial charge in [-0.05, 0) is 44.7 Å². The zero-order valence-electron chi connectivity index (χ0n) is 20.1. The molecule has 0 saturated heterocycles. The highest BCUT2D eigenvalue weighted by molar-refractivity contribution is 5.90. The number of aryl methyl sites for hydroxylation is 1. The van der Waals surface area contributed by atoms with Gasteiger partial charge in [0.2, 0.25) is 5.95 Å². The lowest BCUT2D eigenvalue weighted by molar-refractivity contribution is 0.350. The van der Waals surface area contributed by atoms with Crippen molar-refractivity contribution < 1.29 is 4.52 Å². The number of rotatable bonds is 7. The minimum absolute atomic E-state index is 0.381. The number of fused-ring (bicyclic) bond motifs is 1. The molecule has 0 radical (unpaired) electrons. The summed E-state index contributed by atoms with van der Waals surface area (Å²) in [4.78, 5) is 11.6. The number of para-hydroxylation sites is 1. The van der Waals surface area contributed by atoms with Crippen molar-refractivity contribution in [2.24, 2.45) is 0 Å². The van der Waals surface area contributed by atoms with E-state index in [1.54, 1.807) is 0 Å². The Hall–Kier alpha value is -3.45. The lowest BCUT2D eigenvalue weighted by Crippen LogP contribution is -2.37. The molecule has 2 N–H and O–H groups in total. The number of hydrogen-bond acceptors (Lipinski definition) is 7. The normalized spacial score (nSPS) is 18.2. The molecule has 5 rings (SSSR count). The van der Waals surface area contributed by atoms with Crippen LogP contribution in [0.3, 0.4) is 0 Å². The van der Waals surface area contributed by atoms with Gasteiger partial charge in [-0.2, -0.15) is 4.98 Å². The fourth-order valence-corrected chi connectivity index (χ4v) is 4.76. The van der Waals surface area contributed by atoms with Crippen molar-refractivity contribution in [3.63, 3.8) is 0 Å². The molecule has 0 unspecified atom stereocenters. The molecule has 1 saturated carbocycles. The predicted molar refractivity (Wildman–Crippen MR) is 137 cm³/mol. The van der Waals surface area contributed by atoms with Crippen LogP contribution in [0.5, 0.6) is 0 Å². The molecule has 4 aromatic rings. The van der Waals surface area contributed by atoms with E-state index in [4.69, 9.17) is 14.5 Å². The van der Waals surface area contributed by atoms with Crippen molar-refractivity contribution in [1.29, 1.82) is 0 Å². The van der Waals surface area contributed by atoms with Crippen LogP contribution in [0.25, 0.3) is 22.2 Å². The van der Waals surface area contributed by atoms with Gasteiger partial charge in [0.05, 0.1) is 5.52 Å². The highest BCUT2D eigenvalue weighted by Crippen LogP contribution is 2.28. The van der Waals surface area contributed by atoms with Crippen LogP contribution in [0.1, 0.15) is 37.0 Å². The summed E-state index contributed by atoms with van der Waals surface area (Å²) in [7, 11) is 4.05. The lowest BCUT2D eigenvalue weighted by Gasteiger charge is -2.30. The summed E-state index contributed by atoms with van der Waals surface area (Å²) in [5.41, 5.74) is 4.15. The van der Waals surface area contributed by atoms with Crippen molar-refractivity contribution >= 4 is 22.7 Å². The number of anilines is 2. The highest BCUT2D eigenvalue weighted by atomic mass is 16.5. The molecule has 2 aromatic carbocycles. The Morgan fingerprint density at radius 3 is 2.38 bits per heavy atom. The number of nitrogens with one attached hydrogen (secondary N) is 2. The van der Waals surface area contributed by atoms with Gasteiger partial charge in [-0.3, -0.25) is 0 Å². The average molecular weight is 457 g/mol. The molecule has 34 heavy (non-hydrogen) atoms. The average Bonchev–Trinajstić information content (AvgIpc) is 3.23. The van der Waals surface area contributed by atoms with Crippen molar-refractivity contribution in [2.45, 2.75) is 51.2 Å². The van der Waals surface area contributed by atoms with Crippen LogP contribution in [-0.4, -0.2) is 41.3 Å². The quantitative estimate of drug-likeness (QED) is 0.397. The Morgan fingerprint density at radius 1 is 0.912 bits per heavy atom. The maximum Gasteiger partial charge on any atom is 0.225 e. The Bertz CT molecular complexity index is 1240. The van der Waals surface area contributed by atoms with Gasteiger partial charge in [0.25, 0.3) is 0 Å². The SMILES string of the molecule is Cc1onc(-c2ccccc2)c1CN[C@H]1CC[C@@H](Nc2nc(N(C)C)c3ccccc3n2)CC1. The molecule has 7 nitrogen and oxygen atoms in total. The third-order valence-electron chi connectivity index (χ3n) is 6.67. The second kappa shape index (κ2) is 9.81. The van der Waals surface area contributed by atoms with E-state index in [9.17, 15) is 0 Å². The summed E-state index contributed by atoms with van der Waals surface area (Å²) >= 11 is 0. The van der Waals surface area contributed by atoms with Crippen LogP contribution in [-0.2, 0) is 6.54 Å². The minimum Gasteiger partial charge on any atom is -0.362 e. The van der Waals surface area contributed by atoms with Crippen molar-refractivity contribution in [2.75, 3.05) is 24.3 Å².